The summed E-state index contributed by atoms with van der Waals surface area (Å²) < 4.78 is 0. The number of allylic oxidation sites excluding steroid dienone is 1. The summed E-state index contributed by atoms with van der Waals surface area (Å²) in [5.41, 5.74) is -0.271. The lowest BCUT2D eigenvalue weighted by molar-refractivity contribution is -0.126. The quantitative estimate of drug-likeness (QED) is 0.697. The molecule has 0 bridgehead atoms. The lowest BCUT2D eigenvalue weighted by atomic mass is 9.69. The van der Waals surface area contributed by atoms with Gasteiger partial charge in [-0.15, -0.1) is 6.58 Å². The third kappa shape index (κ3) is 1.90. The smallest absolute Gasteiger partial charge is 0.150 e. The molecule has 1 N–H and O–H groups in total. The first-order valence-corrected chi connectivity index (χ1v) is 5.48. The zero-order chi connectivity index (χ0) is 10.6. The van der Waals surface area contributed by atoms with Gasteiger partial charge in [0.2, 0.25) is 0 Å². The highest BCUT2D eigenvalue weighted by atomic mass is 16.1. The van der Waals surface area contributed by atoms with E-state index in [1.807, 2.05) is 13.1 Å². The Kier molecular flexibility index (Phi) is 3.87. The van der Waals surface area contributed by atoms with E-state index in [-0.39, 0.29) is 11.3 Å². The zero-order valence-electron chi connectivity index (χ0n) is 9.31. The second-order valence-corrected chi connectivity index (χ2v) is 4.24. The molecule has 1 fully saturated rings. The number of Topliss-reactive ketones (excluding diaryl/α,β-unsaturated/α-hetero) is 1. The van der Waals surface area contributed by atoms with Crippen LogP contribution in [0.1, 0.15) is 39.0 Å². The monoisotopic (exact) mass is 195 g/mol. The highest BCUT2D eigenvalue weighted by Crippen LogP contribution is 2.36. The van der Waals surface area contributed by atoms with Gasteiger partial charge in [0, 0.05) is 0 Å². The summed E-state index contributed by atoms with van der Waals surface area (Å²) in [6.07, 6.45) is 7.42. The van der Waals surface area contributed by atoms with Gasteiger partial charge in [-0.05, 0) is 39.2 Å². The van der Waals surface area contributed by atoms with Crippen LogP contribution in [0.15, 0.2) is 12.7 Å². The number of carbonyl (C=O) groups excluding carboxylic acids is 1. The van der Waals surface area contributed by atoms with E-state index in [0.717, 1.165) is 25.7 Å². The minimum absolute atomic E-state index is 0.271. The molecule has 2 atom stereocenters. The Morgan fingerprint density at radius 1 is 1.64 bits per heavy atom. The predicted molar refractivity (Wildman–Crippen MR) is 59.2 cm³/mol. The van der Waals surface area contributed by atoms with Crippen molar-refractivity contribution in [1.82, 2.24) is 5.32 Å². The molecular formula is C12H21NO. The second kappa shape index (κ2) is 4.74. The number of rotatable bonds is 4. The first kappa shape index (κ1) is 11.4. The molecule has 80 valence electrons. The first-order valence-electron chi connectivity index (χ1n) is 5.48. The average molecular weight is 195 g/mol. The number of likely N-dealkylation sites (N-methyl/N-ethyl adjacent to an activating group) is 1. The number of hydrogen-bond donors (Lipinski definition) is 1. The van der Waals surface area contributed by atoms with Gasteiger partial charge in [0.1, 0.15) is 5.78 Å². The van der Waals surface area contributed by atoms with Gasteiger partial charge in [-0.1, -0.05) is 18.9 Å². The van der Waals surface area contributed by atoms with Gasteiger partial charge in [-0.3, -0.25) is 4.79 Å². The second-order valence-electron chi connectivity index (χ2n) is 4.24. The maximum absolute atomic E-state index is 11.7. The lowest BCUT2D eigenvalue weighted by Crippen LogP contribution is -2.56. The van der Waals surface area contributed by atoms with Crippen LogP contribution in [0.4, 0.5) is 0 Å². The summed E-state index contributed by atoms with van der Waals surface area (Å²) in [6.45, 7) is 5.48. The van der Waals surface area contributed by atoms with Crippen molar-refractivity contribution >= 4 is 5.78 Å². The minimum atomic E-state index is -0.271. The van der Waals surface area contributed by atoms with E-state index in [2.05, 4.69) is 11.9 Å². The topological polar surface area (TPSA) is 29.1 Å². The standard InChI is InChI=1S/C12H21NO/c1-4-7-11-8-5-6-9-12(11,13-3)10(2)14/h4,11,13H,1,5-9H2,2-3H3. The molecule has 2 heteroatoms. The van der Waals surface area contributed by atoms with E-state index in [4.69, 9.17) is 0 Å². The van der Waals surface area contributed by atoms with Crippen molar-refractivity contribution in [2.45, 2.75) is 44.6 Å². The van der Waals surface area contributed by atoms with Crippen LogP contribution in [0.25, 0.3) is 0 Å². The summed E-state index contributed by atoms with van der Waals surface area (Å²) in [4.78, 5) is 11.7. The van der Waals surface area contributed by atoms with Crippen LogP contribution in [-0.2, 0) is 4.79 Å². The molecular weight excluding hydrogens is 174 g/mol. The summed E-state index contributed by atoms with van der Waals surface area (Å²) in [5, 5.41) is 3.25. The molecule has 1 aliphatic carbocycles. The molecule has 0 aromatic carbocycles. The minimum Gasteiger partial charge on any atom is -0.308 e. The van der Waals surface area contributed by atoms with Crippen LogP contribution in [0.5, 0.6) is 0 Å². The van der Waals surface area contributed by atoms with Crippen molar-refractivity contribution in [2.24, 2.45) is 5.92 Å². The maximum atomic E-state index is 11.7. The SMILES string of the molecule is C=CCC1CCCCC1(NC)C(C)=O. The molecule has 0 aliphatic heterocycles. The molecule has 2 nitrogen and oxygen atoms in total. The van der Waals surface area contributed by atoms with Gasteiger partial charge in [0.05, 0.1) is 5.54 Å². The van der Waals surface area contributed by atoms with Crippen LogP contribution in [0, 0.1) is 5.92 Å². The van der Waals surface area contributed by atoms with Gasteiger partial charge in [-0.2, -0.15) is 0 Å². The zero-order valence-corrected chi connectivity index (χ0v) is 9.31. The fourth-order valence-electron chi connectivity index (χ4n) is 2.73. The molecule has 1 saturated carbocycles. The molecule has 0 heterocycles. The molecule has 1 aliphatic rings. The molecule has 0 saturated heterocycles. The van der Waals surface area contributed by atoms with Crippen molar-refractivity contribution < 1.29 is 4.79 Å². The highest BCUT2D eigenvalue weighted by Gasteiger charge is 2.42. The van der Waals surface area contributed by atoms with E-state index >= 15 is 0 Å². The Morgan fingerprint density at radius 2 is 2.36 bits per heavy atom. The van der Waals surface area contributed by atoms with Crippen LogP contribution >= 0.6 is 0 Å². The van der Waals surface area contributed by atoms with Crippen molar-refractivity contribution in [3.63, 3.8) is 0 Å². The van der Waals surface area contributed by atoms with Crippen molar-refractivity contribution in [2.75, 3.05) is 7.05 Å². The predicted octanol–water partition coefficient (Wildman–Crippen LogP) is 2.30. The molecule has 2 unspecified atom stereocenters. The van der Waals surface area contributed by atoms with Crippen molar-refractivity contribution in [3.8, 4) is 0 Å². The van der Waals surface area contributed by atoms with Crippen LogP contribution in [-0.4, -0.2) is 18.4 Å². The Hall–Kier alpha value is -0.630. The molecule has 0 amide bonds. The molecule has 1 rings (SSSR count). The normalized spacial score (nSPS) is 32.6. The number of nitrogens with one attached hydrogen (secondary N) is 1. The van der Waals surface area contributed by atoms with E-state index in [0.29, 0.717) is 5.92 Å². The van der Waals surface area contributed by atoms with Gasteiger partial charge in [0.15, 0.2) is 0 Å². The largest absolute Gasteiger partial charge is 0.308 e. The number of carbonyl (C=O) groups is 1. The Bertz CT molecular complexity index is 224. The van der Waals surface area contributed by atoms with Crippen LogP contribution in [0.2, 0.25) is 0 Å². The Balaban J connectivity index is 2.86. The molecule has 0 spiro atoms. The molecule has 0 aromatic heterocycles. The van der Waals surface area contributed by atoms with Crippen molar-refractivity contribution in [1.29, 1.82) is 0 Å². The average Bonchev–Trinajstić information content (AvgIpc) is 2.19. The summed E-state index contributed by atoms with van der Waals surface area (Å²) >= 11 is 0. The van der Waals surface area contributed by atoms with Crippen molar-refractivity contribution in [3.05, 3.63) is 12.7 Å². The van der Waals surface area contributed by atoms with Gasteiger partial charge in [-0.25, -0.2) is 0 Å². The Morgan fingerprint density at radius 3 is 2.86 bits per heavy atom. The third-order valence-corrected chi connectivity index (χ3v) is 3.60. The van der Waals surface area contributed by atoms with E-state index in [9.17, 15) is 4.79 Å². The summed E-state index contributed by atoms with van der Waals surface area (Å²) in [7, 11) is 1.91. The number of hydrogen-bond acceptors (Lipinski definition) is 2. The summed E-state index contributed by atoms with van der Waals surface area (Å²) in [5.74, 6) is 0.725. The van der Waals surface area contributed by atoms with Gasteiger partial charge in [0.25, 0.3) is 0 Å². The lowest BCUT2D eigenvalue weighted by Gasteiger charge is -2.42. The van der Waals surface area contributed by atoms with Gasteiger partial charge < -0.3 is 5.32 Å². The fraction of sp³-hybridized carbons (Fsp3) is 0.750. The Labute approximate surface area is 86.8 Å². The fourth-order valence-corrected chi connectivity index (χ4v) is 2.73. The van der Waals surface area contributed by atoms with Crippen LogP contribution in [0.3, 0.4) is 0 Å². The van der Waals surface area contributed by atoms with E-state index < -0.39 is 0 Å². The highest BCUT2D eigenvalue weighted by molar-refractivity contribution is 5.86. The molecule has 0 radical (unpaired) electrons. The van der Waals surface area contributed by atoms with Gasteiger partial charge >= 0.3 is 0 Å². The molecule has 0 aromatic rings. The van der Waals surface area contributed by atoms with E-state index in [1.54, 1.807) is 6.92 Å². The number of ketones is 1. The molecule has 14 heavy (non-hydrogen) atoms. The summed E-state index contributed by atoms with van der Waals surface area (Å²) in [6, 6.07) is 0. The third-order valence-electron chi connectivity index (χ3n) is 3.60. The first-order chi connectivity index (χ1) is 6.67. The maximum Gasteiger partial charge on any atom is 0.150 e. The van der Waals surface area contributed by atoms with Crippen LogP contribution < -0.4 is 5.32 Å². The van der Waals surface area contributed by atoms with E-state index in [1.165, 1.54) is 6.42 Å².